The van der Waals surface area contributed by atoms with Gasteiger partial charge in [0.15, 0.2) is 0 Å². The fourth-order valence-electron chi connectivity index (χ4n) is 3.40. The molecule has 2 heterocycles. The van der Waals surface area contributed by atoms with E-state index in [1.807, 2.05) is 25.3 Å². The van der Waals surface area contributed by atoms with E-state index >= 15 is 0 Å². The summed E-state index contributed by atoms with van der Waals surface area (Å²) in [4.78, 5) is 3.42. The maximum atomic E-state index is 13.4. The van der Waals surface area contributed by atoms with Gasteiger partial charge in [0.05, 0.1) is 4.90 Å². The van der Waals surface area contributed by atoms with E-state index in [-0.39, 0.29) is 5.82 Å². The third kappa shape index (κ3) is 2.95. The maximum Gasteiger partial charge on any atom is 0.243 e. The molecule has 1 N–H and O–H groups in total. The minimum atomic E-state index is -3.49. The first-order valence-electron chi connectivity index (χ1n) is 8.48. The zero-order valence-electron chi connectivity index (χ0n) is 14.4. The highest BCUT2D eigenvalue weighted by Gasteiger charge is 2.26. The molecule has 134 valence electrons. The Kier molecular flexibility index (Phi) is 4.17. The Labute approximate surface area is 152 Å². The second kappa shape index (κ2) is 6.37. The van der Waals surface area contributed by atoms with Crippen molar-refractivity contribution in [1.82, 2.24) is 9.29 Å². The lowest BCUT2D eigenvalue weighted by atomic mass is 10.00. The minimum absolute atomic E-state index is 0.279. The molecule has 0 atom stereocenters. The number of nitrogens with zero attached hydrogens (tertiary/aromatic N) is 1. The van der Waals surface area contributed by atoms with Crippen molar-refractivity contribution in [3.63, 3.8) is 0 Å². The van der Waals surface area contributed by atoms with Crippen molar-refractivity contribution < 1.29 is 12.8 Å². The lowest BCUT2D eigenvalue weighted by molar-refractivity contribution is 0.441. The van der Waals surface area contributed by atoms with Gasteiger partial charge in [0.2, 0.25) is 10.0 Å². The van der Waals surface area contributed by atoms with E-state index in [4.69, 9.17) is 0 Å². The second-order valence-electron chi connectivity index (χ2n) is 6.55. The molecular weight excluding hydrogens is 351 g/mol. The van der Waals surface area contributed by atoms with Crippen LogP contribution in [0.15, 0.2) is 59.6 Å². The number of H-pyrrole nitrogens is 1. The van der Waals surface area contributed by atoms with Crippen molar-refractivity contribution in [2.75, 3.05) is 13.1 Å². The van der Waals surface area contributed by atoms with Crippen molar-refractivity contribution in [1.29, 1.82) is 0 Å². The number of benzene rings is 2. The first kappa shape index (κ1) is 17.0. The Morgan fingerprint density at radius 2 is 2.00 bits per heavy atom. The Morgan fingerprint density at radius 3 is 2.73 bits per heavy atom. The molecule has 0 aliphatic carbocycles. The number of sulfonamides is 1. The highest BCUT2D eigenvalue weighted by atomic mass is 32.2. The third-order valence-corrected chi connectivity index (χ3v) is 6.65. The summed E-state index contributed by atoms with van der Waals surface area (Å²) >= 11 is 0. The van der Waals surface area contributed by atoms with Gasteiger partial charge >= 0.3 is 0 Å². The standard InChI is InChI=1S/C20H19FN2O2S/c1-14-3-2-4-17(11-14)26(24,25)23-9-7-15(8-10-23)19-13-22-20-12-16(21)5-6-18(19)20/h2-7,11-13,22H,8-10H2,1H3. The van der Waals surface area contributed by atoms with Gasteiger partial charge in [-0.3, -0.25) is 0 Å². The number of nitrogens with one attached hydrogen (secondary N) is 1. The van der Waals surface area contributed by atoms with Crippen LogP contribution in [0.25, 0.3) is 16.5 Å². The van der Waals surface area contributed by atoms with Crippen molar-refractivity contribution in [2.45, 2.75) is 18.2 Å². The van der Waals surface area contributed by atoms with Gasteiger partial charge in [-0.15, -0.1) is 0 Å². The van der Waals surface area contributed by atoms with E-state index in [0.29, 0.717) is 24.4 Å². The highest BCUT2D eigenvalue weighted by Crippen LogP contribution is 2.31. The van der Waals surface area contributed by atoms with Crippen LogP contribution in [0.3, 0.4) is 0 Å². The Balaban J connectivity index is 1.62. The van der Waals surface area contributed by atoms with E-state index in [1.165, 1.54) is 16.4 Å². The van der Waals surface area contributed by atoms with Crippen molar-refractivity contribution in [3.05, 3.63) is 71.7 Å². The zero-order valence-corrected chi connectivity index (χ0v) is 15.2. The van der Waals surface area contributed by atoms with Crippen LogP contribution >= 0.6 is 0 Å². The van der Waals surface area contributed by atoms with E-state index in [9.17, 15) is 12.8 Å². The van der Waals surface area contributed by atoms with Gasteiger partial charge in [-0.05, 0) is 54.8 Å². The molecule has 0 saturated heterocycles. The maximum absolute atomic E-state index is 13.4. The number of fused-ring (bicyclic) bond motifs is 1. The minimum Gasteiger partial charge on any atom is -0.360 e. The van der Waals surface area contributed by atoms with E-state index in [0.717, 1.165) is 27.6 Å². The summed E-state index contributed by atoms with van der Waals surface area (Å²) in [6, 6.07) is 11.6. The van der Waals surface area contributed by atoms with Gasteiger partial charge in [-0.1, -0.05) is 18.2 Å². The highest BCUT2D eigenvalue weighted by molar-refractivity contribution is 7.89. The molecule has 0 radical (unpaired) electrons. The molecule has 4 rings (SSSR count). The number of hydrogen-bond acceptors (Lipinski definition) is 2. The van der Waals surface area contributed by atoms with Crippen molar-refractivity contribution in [3.8, 4) is 0 Å². The average molecular weight is 370 g/mol. The van der Waals surface area contributed by atoms with Crippen LogP contribution in [0.4, 0.5) is 4.39 Å². The molecule has 0 amide bonds. The van der Waals surface area contributed by atoms with Crippen LogP contribution in [-0.4, -0.2) is 30.8 Å². The number of aryl methyl sites for hydroxylation is 1. The largest absolute Gasteiger partial charge is 0.360 e. The Hall–Kier alpha value is -2.44. The molecule has 26 heavy (non-hydrogen) atoms. The number of rotatable bonds is 3. The number of hydrogen-bond donors (Lipinski definition) is 1. The van der Waals surface area contributed by atoms with Crippen LogP contribution in [0.2, 0.25) is 0 Å². The molecule has 6 heteroatoms. The van der Waals surface area contributed by atoms with Gasteiger partial charge in [0, 0.05) is 35.8 Å². The fourth-order valence-corrected chi connectivity index (χ4v) is 4.89. The van der Waals surface area contributed by atoms with Crippen LogP contribution in [0, 0.1) is 12.7 Å². The SMILES string of the molecule is Cc1cccc(S(=O)(=O)N2CC=C(c3c[nH]c4cc(F)ccc34)CC2)c1. The number of halogens is 1. The molecule has 0 unspecified atom stereocenters. The molecule has 0 fully saturated rings. The lowest BCUT2D eigenvalue weighted by Gasteiger charge is -2.26. The smallest absolute Gasteiger partial charge is 0.243 e. The van der Waals surface area contributed by atoms with Crippen LogP contribution in [0.5, 0.6) is 0 Å². The quantitative estimate of drug-likeness (QED) is 0.755. The van der Waals surface area contributed by atoms with Crippen LogP contribution in [0.1, 0.15) is 17.5 Å². The Bertz CT molecular complexity index is 1120. The molecule has 2 aromatic carbocycles. The second-order valence-corrected chi connectivity index (χ2v) is 8.49. The van der Waals surface area contributed by atoms with Crippen LogP contribution in [-0.2, 0) is 10.0 Å². The molecule has 1 aliphatic rings. The third-order valence-electron chi connectivity index (χ3n) is 4.79. The van der Waals surface area contributed by atoms with Gasteiger partial charge in [0.1, 0.15) is 5.82 Å². The van der Waals surface area contributed by atoms with E-state index in [1.54, 1.807) is 24.3 Å². The normalized spacial score (nSPS) is 16.0. The first-order chi connectivity index (χ1) is 12.4. The summed E-state index contributed by atoms with van der Waals surface area (Å²) in [5.74, 6) is -0.279. The molecule has 4 nitrogen and oxygen atoms in total. The lowest BCUT2D eigenvalue weighted by Crippen LogP contribution is -2.34. The predicted octanol–water partition coefficient (Wildman–Crippen LogP) is 4.09. The van der Waals surface area contributed by atoms with E-state index < -0.39 is 10.0 Å². The molecule has 0 spiro atoms. The molecular formula is C20H19FN2O2S. The summed E-state index contributed by atoms with van der Waals surface area (Å²) in [7, 11) is -3.49. The monoisotopic (exact) mass is 370 g/mol. The van der Waals surface area contributed by atoms with Gasteiger partial charge in [-0.25, -0.2) is 12.8 Å². The fraction of sp³-hybridized carbons (Fsp3) is 0.200. The summed E-state index contributed by atoms with van der Waals surface area (Å²) in [5.41, 5.74) is 3.76. The molecule has 0 bridgehead atoms. The summed E-state index contributed by atoms with van der Waals surface area (Å²) in [6.45, 7) is 2.64. The summed E-state index contributed by atoms with van der Waals surface area (Å²) in [5, 5.41) is 0.952. The molecule has 0 saturated carbocycles. The molecule has 3 aromatic rings. The van der Waals surface area contributed by atoms with E-state index in [2.05, 4.69) is 4.98 Å². The van der Waals surface area contributed by atoms with Crippen molar-refractivity contribution in [2.24, 2.45) is 0 Å². The zero-order chi connectivity index (χ0) is 18.3. The topological polar surface area (TPSA) is 53.2 Å². The Morgan fingerprint density at radius 1 is 1.15 bits per heavy atom. The average Bonchev–Trinajstić information content (AvgIpc) is 3.05. The predicted molar refractivity (Wildman–Crippen MR) is 101 cm³/mol. The molecule has 1 aromatic heterocycles. The number of aromatic nitrogens is 1. The van der Waals surface area contributed by atoms with Crippen LogP contribution < -0.4 is 0 Å². The van der Waals surface area contributed by atoms with Gasteiger partial charge in [-0.2, -0.15) is 4.31 Å². The van der Waals surface area contributed by atoms with Gasteiger partial charge < -0.3 is 4.98 Å². The molecule has 1 aliphatic heterocycles. The first-order valence-corrected chi connectivity index (χ1v) is 9.92. The van der Waals surface area contributed by atoms with Gasteiger partial charge in [0.25, 0.3) is 0 Å². The summed E-state index contributed by atoms with van der Waals surface area (Å²) < 4.78 is 40.5. The van der Waals surface area contributed by atoms with Crippen molar-refractivity contribution >= 4 is 26.5 Å². The summed E-state index contributed by atoms with van der Waals surface area (Å²) in [6.07, 6.45) is 4.43. The number of aromatic amines is 1.